The topological polar surface area (TPSA) is 86.7 Å². The van der Waals surface area contributed by atoms with E-state index in [2.05, 4.69) is 4.72 Å². The first-order chi connectivity index (χ1) is 9.70. The van der Waals surface area contributed by atoms with Crippen LogP contribution < -0.4 is 4.72 Å². The number of carboxylic acid groups (broad SMARTS) is 1. The molecule has 0 saturated carbocycles. The Morgan fingerprint density at radius 2 is 2.10 bits per heavy atom. The quantitative estimate of drug-likeness (QED) is 0.712. The highest BCUT2D eigenvalue weighted by atomic mass is 32.2. The Bertz CT molecular complexity index is 436. The van der Waals surface area contributed by atoms with E-state index in [1.54, 1.807) is 0 Å². The van der Waals surface area contributed by atoms with Crippen LogP contribution in [0.1, 0.15) is 46.5 Å². The van der Waals surface area contributed by atoms with Gasteiger partial charge in [-0.15, -0.1) is 0 Å². The first kappa shape index (κ1) is 18.4. The largest absolute Gasteiger partial charge is 0.481 e. The van der Waals surface area contributed by atoms with Crippen molar-refractivity contribution in [3.05, 3.63) is 0 Å². The van der Waals surface area contributed by atoms with Gasteiger partial charge in [0.1, 0.15) is 0 Å². The normalized spacial score (nSPS) is 22.4. The molecule has 0 aromatic heterocycles. The summed E-state index contributed by atoms with van der Waals surface area (Å²) in [4.78, 5) is 10.9. The van der Waals surface area contributed by atoms with Crippen molar-refractivity contribution < 1.29 is 18.3 Å². The molecule has 0 aromatic carbocycles. The van der Waals surface area contributed by atoms with Crippen molar-refractivity contribution >= 4 is 16.2 Å². The van der Waals surface area contributed by atoms with Gasteiger partial charge in [0.2, 0.25) is 0 Å². The van der Waals surface area contributed by atoms with Crippen LogP contribution in [-0.2, 0) is 15.0 Å². The molecule has 2 unspecified atom stereocenters. The number of rotatable bonds is 8. The second kappa shape index (κ2) is 8.10. The summed E-state index contributed by atoms with van der Waals surface area (Å²) >= 11 is 0. The Balaban J connectivity index is 2.57. The molecule has 21 heavy (non-hydrogen) atoms. The van der Waals surface area contributed by atoms with Gasteiger partial charge < -0.3 is 5.11 Å². The van der Waals surface area contributed by atoms with E-state index in [0.717, 1.165) is 12.8 Å². The summed E-state index contributed by atoms with van der Waals surface area (Å²) in [5.41, 5.74) is 0. The van der Waals surface area contributed by atoms with Crippen molar-refractivity contribution in [2.75, 3.05) is 19.6 Å². The molecule has 7 heteroatoms. The fourth-order valence-corrected chi connectivity index (χ4v) is 4.28. The molecule has 6 nitrogen and oxygen atoms in total. The number of carbonyl (C=O) groups is 1. The molecule has 0 aliphatic carbocycles. The Hall–Kier alpha value is -0.660. The molecular weight excluding hydrogens is 292 g/mol. The SMILES string of the molecule is CC(C)CC(CNS(=O)(=O)N1CCCC(C)C1)CC(=O)O. The zero-order valence-electron chi connectivity index (χ0n) is 13.2. The van der Waals surface area contributed by atoms with E-state index in [1.807, 2.05) is 20.8 Å². The molecule has 1 rings (SSSR count). The monoisotopic (exact) mass is 320 g/mol. The van der Waals surface area contributed by atoms with Gasteiger partial charge in [-0.3, -0.25) is 4.79 Å². The maximum Gasteiger partial charge on any atom is 0.303 e. The summed E-state index contributed by atoms with van der Waals surface area (Å²) in [5, 5.41) is 8.92. The minimum Gasteiger partial charge on any atom is -0.481 e. The van der Waals surface area contributed by atoms with Gasteiger partial charge in [0.15, 0.2) is 0 Å². The Kier molecular flexibility index (Phi) is 7.09. The summed E-state index contributed by atoms with van der Waals surface area (Å²) in [7, 11) is -3.49. The maximum atomic E-state index is 12.3. The highest BCUT2D eigenvalue weighted by Crippen LogP contribution is 2.19. The zero-order chi connectivity index (χ0) is 16.0. The van der Waals surface area contributed by atoms with Crippen molar-refractivity contribution in [3.63, 3.8) is 0 Å². The molecule has 2 N–H and O–H groups in total. The molecule has 2 atom stereocenters. The second-order valence-corrected chi connectivity index (χ2v) is 8.31. The summed E-state index contributed by atoms with van der Waals surface area (Å²) < 4.78 is 28.6. The van der Waals surface area contributed by atoms with E-state index in [9.17, 15) is 13.2 Å². The first-order valence-electron chi connectivity index (χ1n) is 7.67. The summed E-state index contributed by atoms with van der Waals surface area (Å²) in [6.45, 7) is 7.35. The molecule has 1 aliphatic heterocycles. The number of hydrogen-bond acceptors (Lipinski definition) is 3. The molecule has 1 fully saturated rings. The lowest BCUT2D eigenvalue weighted by Crippen LogP contribution is -2.46. The van der Waals surface area contributed by atoms with Crippen LogP contribution >= 0.6 is 0 Å². The number of aliphatic carboxylic acids is 1. The standard InChI is InChI=1S/C14H28N2O4S/c1-11(2)7-13(8-14(17)18)9-15-21(19,20)16-6-4-5-12(3)10-16/h11-13,15H,4-10H2,1-3H3,(H,17,18). The third-order valence-corrected chi connectivity index (χ3v) is 5.33. The molecule has 0 aromatic rings. The fraction of sp³-hybridized carbons (Fsp3) is 0.929. The molecule has 1 saturated heterocycles. The van der Waals surface area contributed by atoms with E-state index in [-0.39, 0.29) is 18.9 Å². The number of hydrogen-bond donors (Lipinski definition) is 2. The van der Waals surface area contributed by atoms with E-state index < -0.39 is 16.2 Å². The first-order valence-corrected chi connectivity index (χ1v) is 9.11. The smallest absolute Gasteiger partial charge is 0.303 e. The predicted molar refractivity (Wildman–Crippen MR) is 82.1 cm³/mol. The number of nitrogens with one attached hydrogen (secondary N) is 1. The van der Waals surface area contributed by atoms with Gasteiger partial charge >= 0.3 is 5.97 Å². The predicted octanol–water partition coefficient (Wildman–Crippen LogP) is 1.69. The van der Waals surface area contributed by atoms with Crippen molar-refractivity contribution in [3.8, 4) is 0 Å². The van der Waals surface area contributed by atoms with Crippen molar-refractivity contribution in [2.45, 2.75) is 46.5 Å². The maximum absolute atomic E-state index is 12.3. The van der Waals surface area contributed by atoms with Crippen molar-refractivity contribution in [1.82, 2.24) is 9.03 Å². The molecule has 1 heterocycles. The minimum atomic E-state index is -3.49. The van der Waals surface area contributed by atoms with Gasteiger partial charge in [0.25, 0.3) is 10.2 Å². The van der Waals surface area contributed by atoms with Crippen LogP contribution in [0.25, 0.3) is 0 Å². The van der Waals surface area contributed by atoms with Gasteiger partial charge in [-0.25, -0.2) is 4.72 Å². The number of carboxylic acids is 1. The van der Waals surface area contributed by atoms with Crippen LogP contribution in [0.5, 0.6) is 0 Å². The summed E-state index contributed by atoms with van der Waals surface area (Å²) in [6, 6.07) is 0. The van der Waals surface area contributed by atoms with Crippen LogP contribution in [0.4, 0.5) is 0 Å². The van der Waals surface area contributed by atoms with Crippen LogP contribution in [0, 0.1) is 17.8 Å². The lowest BCUT2D eigenvalue weighted by Gasteiger charge is -2.30. The van der Waals surface area contributed by atoms with E-state index in [1.165, 1.54) is 4.31 Å². The van der Waals surface area contributed by atoms with Gasteiger partial charge in [-0.05, 0) is 37.0 Å². The average molecular weight is 320 g/mol. The van der Waals surface area contributed by atoms with Crippen LogP contribution in [0.2, 0.25) is 0 Å². The highest BCUT2D eigenvalue weighted by molar-refractivity contribution is 7.87. The van der Waals surface area contributed by atoms with Gasteiger partial charge in [0, 0.05) is 26.1 Å². The molecule has 0 spiro atoms. The third kappa shape index (κ3) is 6.76. The summed E-state index contributed by atoms with van der Waals surface area (Å²) in [5.74, 6) is -0.333. The van der Waals surface area contributed by atoms with Gasteiger partial charge in [-0.2, -0.15) is 12.7 Å². The molecule has 0 amide bonds. The lowest BCUT2D eigenvalue weighted by atomic mass is 9.94. The molecule has 0 bridgehead atoms. The molecule has 1 aliphatic rings. The van der Waals surface area contributed by atoms with Crippen LogP contribution in [-0.4, -0.2) is 43.4 Å². The van der Waals surface area contributed by atoms with E-state index in [4.69, 9.17) is 5.11 Å². The Morgan fingerprint density at radius 3 is 2.62 bits per heavy atom. The third-order valence-electron chi connectivity index (χ3n) is 3.78. The van der Waals surface area contributed by atoms with Crippen molar-refractivity contribution in [2.24, 2.45) is 17.8 Å². The highest BCUT2D eigenvalue weighted by Gasteiger charge is 2.27. The number of nitrogens with zero attached hydrogens (tertiary/aromatic N) is 1. The fourth-order valence-electron chi connectivity index (χ4n) is 2.83. The van der Waals surface area contributed by atoms with Crippen LogP contribution in [0.15, 0.2) is 0 Å². The lowest BCUT2D eigenvalue weighted by molar-refractivity contribution is -0.138. The Morgan fingerprint density at radius 1 is 1.43 bits per heavy atom. The molecule has 124 valence electrons. The molecular formula is C14H28N2O4S. The van der Waals surface area contributed by atoms with E-state index >= 15 is 0 Å². The number of piperidine rings is 1. The second-order valence-electron chi connectivity index (χ2n) is 6.55. The average Bonchev–Trinajstić information content (AvgIpc) is 2.35. The van der Waals surface area contributed by atoms with E-state index in [0.29, 0.717) is 31.3 Å². The minimum absolute atomic E-state index is 0.00287. The van der Waals surface area contributed by atoms with Gasteiger partial charge in [-0.1, -0.05) is 20.8 Å². The molecule has 0 radical (unpaired) electrons. The zero-order valence-corrected chi connectivity index (χ0v) is 14.0. The van der Waals surface area contributed by atoms with Gasteiger partial charge in [0.05, 0.1) is 0 Å². The van der Waals surface area contributed by atoms with Crippen LogP contribution in [0.3, 0.4) is 0 Å². The van der Waals surface area contributed by atoms with Crippen molar-refractivity contribution in [1.29, 1.82) is 0 Å². The Labute approximate surface area is 128 Å². The summed E-state index contributed by atoms with van der Waals surface area (Å²) in [6.07, 6.45) is 2.63.